The average molecular weight is 503 g/mol. The topological polar surface area (TPSA) is 53.1 Å². The number of H-pyrrole nitrogens is 1. The zero-order valence-electron chi connectivity index (χ0n) is 8.60. The molecule has 94 valence electrons. The predicted octanol–water partition coefficient (Wildman–Crippen LogP) is 5.00. The minimum absolute atomic E-state index is 0.0584. The number of hydrogen-bond donors (Lipinski definition) is 2. The quantitative estimate of drug-likeness (QED) is 0.568. The van der Waals surface area contributed by atoms with Crippen molar-refractivity contribution in [1.82, 2.24) is 4.98 Å². The highest BCUT2D eigenvalue weighted by atomic mass is 79.9. The molecular formula is C11H5Br4NO2. The molecule has 1 aromatic heterocycles. The molecule has 0 unspecified atom stereocenters. The minimum atomic E-state index is -0.299. The molecule has 2 aromatic rings. The van der Waals surface area contributed by atoms with Crippen LogP contribution in [0.25, 0.3) is 0 Å². The summed E-state index contributed by atoms with van der Waals surface area (Å²) in [5, 5.41) is 9.74. The third-order valence-electron chi connectivity index (χ3n) is 2.27. The van der Waals surface area contributed by atoms with Gasteiger partial charge < -0.3 is 10.1 Å². The second-order valence-electron chi connectivity index (χ2n) is 3.43. The summed E-state index contributed by atoms with van der Waals surface area (Å²) in [5.74, 6) is -0.357. The second-order valence-corrected chi connectivity index (χ2v) is 6.73. The number of rotatable bonds is 2. The lowest BCUT2D eigenvalue weighted by atomic mass is 10.1. The first kappa shape index (κ1) is 14.3. The van der Waals surface area contributed by atoms with Crippen molar-refractivity contribution < 1.29 is 9.90 Å². The predicted molar refractivity (Wildman–Crippen MR) is 83.1 cm³/mol. The zero-order chi connectivity index (χ0) is 13.4. The van der Waals surface area contributed by atoms with Gasteiger partial charge in [0.1, 0.15) is 11.4 Å². The summed E-state index contributed by atoms with van der Waals surface area (Å²) in [5.41, 5.74) is 0.591. The number of nitrogens with one attached hydrogen (secondary N) is 1. The van der Waals surface area contributed by atoms with Crippen LogP contribution < -0.4 is 0 Å². The van der Waals surface area contributed by atoms with Gasteiger partial charge in [-0.2, -0.15) is 0 Å². The first-order valence-electron chi connectivity index (χ1n) is 4.67. The Morgan fingerprint density at radius 3 is 2.33 bits per heavy atom. The van der Waals surface area contributed by atoms with E-state index in [2.05, 4.69) is 68.7 Å². The van der Waals surface area contributed by atoms with E-state index in [1.807, 2.05) is 0 Å². The molecule has 2 N–H and O–H groups in total. The molecule has 1 aromatic carbocycles. The van der Waals surface area contributed by atoms with Crippen LogP contribution in [0.1, 0.15) is 16.1 Å². The van der Waals surface area contributed by atoms with Gasteiger partial charge in [-0.3, -0.25) is 4.79 Å². The Balaban J connectivity index is 2.54. The van der Waals surface area contributed by atoms with E-state index in [-0.39, 0.29) is 17.1 Å². The van der Waals surface area contributed by atoms with Crippen LogP contribution in [0.15, 0.2) is 36.2 Å². The maximum absolute atomic E-state index is 12.3. The molecule has 0 aliphatic carbocycles. The number of phenols is 1. The summed E-state index contributed by atoms with van der Waals surface area (Å²) in [7, 11) is 0. The molecule has 2 rings (SSSR count). The van der Waals surface area contributed by atoms with E-state index in [1.165, 1.54) is 6.07 Å². The van der Waals surface area contributed by atoms with Crippen LogP contribution in [0, 0.1) is 0 Å². The van der Waals surface area contributed by atoms with E-state index < -0.39 is 0 Å². The molecule has 18 heavy (non-hydrogen) atoms. The van der Waals surface area contributed by atoms with Gasteiger partial charge in [0.2, 0.25) is 5.78 Å². The number of benzene rings is 1. The zero-order valence-corrected chi connectivity index (χ0v) is 14.9. The molecule has 0 bridgehead atoms. The molecule has 0 aliphatic rings. The molecule has 0 atom stereocenters. The molecular weight excluding hydrogens is 498 g/mol. The maximum Gasteiger partial charge on any atom is 0.214 e. The maximum atomic E-state index is 12.3. The second kappa shape index (κ2) is 5.48. The monoisotopic (exact) mass is 499 g/mol. The molecule has 0 radical (unpaired) electrons. The number of carbonyl (C=O) groups is 1. The van der Waals surface area contributed by atoms with E-state index in [0.29, 0.717) is 14.8 Å². The Kier molecular flexibility index (Phi) is 4.36. The molecule has 0 fully saturated rings. The van der Waals surface area contributed by atoms with E-state index in [4.69, 9.17) is 0 Å². The van der Waals surface area contributed by atoms with Gasteiger partial charge >= 0.3 is 0 Å². The Morgan fingerprint density at radius 1 is 1.11 bits per heavy atom. The van der Waals surface area contributed by atoms with Crippen LogP contribution in [0.4, 0.5) is 0 Å². The molecule has 0 saturated heterocycles. The Bertz CT molecular complexity index is 636. The van der Waals surface area contributed by atoms with Crippen LogP contribution in [-0.4, -0.2) is 15.9 Å². The van der Waals surface area contributed by atoms with Crippen molar-refractivity contribution in [3.8, 4) is 5.75 Å². The summed E-state index contributed by atoms with van der Waals surface area (Å²) in [6, 6.07) is 4.71. The number of hydrogen-bond acceptors (Lipinski definition) is 2. The highest BCUT2D eigenvalue weighted by molar-refractivity contribution is 9.14. The Labute approximate surface area is 136 Å². The molecule has 0 amide bonds. The largest absolute Gasteiger partial charge is 0.507 e. The number of aromatic nitrogens is 1. The van der Waals surface area contributed by atoms with Crippen LogP contribution in [-0.2, 0) is 0 Å². The fourth-order valence-corrected chi connectivity index (χ4v) is 3.21. The van der Waals surface area contributed by atoms with E-state index in [0.717, 1.165) is 8.95 Å². The number of carbonyl (C=O) groups excluding carboxylic acids is 1. The normalized spacial score (nSPS) is 10.7. The summed E-state index contributed by atoms with van der Waals surface area (Å²) in [6.45, 7) is 0. The van der Waals surface area contributed by atoms with Crippen molar-refractivity contribution in [2.75, 3.05) is 0 Å². The Morgan fingerprint density at radius 2 is 1.78 bits per heavy atom. The van der Waals surface area contributed by atoms with Gasteiger partial charge in [-0.05, 0) is 66.0 Å². The lowest BCUT2D eigenvalue weighted by molar-refractivity contribution is 0.103. The lowest BCUT2D eigenvalue weighted by Gasteiger charge is -2.03. The Hall–Kier alpha value is -0.110. The van der Waals surface area contributed by atoms with Crippen LogP contribution in [0.2, 0.25) is 0 Å². The lowest BCUT2D eigenvalue weighted by Crippen LogP contribution is -2.03. The highest BCUT2D eigenvalue weighted by Crippen LogP contribution is 2.36. The van der Waals surface area contributed by atoms with Gasteiger partial charge in [0.25, 0.3) is 0 Å². The van der Waals surface area contributed by atoms with Crippen molar-refractivity contribution in [3.63, 3.8) is 0 Å². The summed E-state index contributed by atoms with van der Waals surface area (Å²) >= 11 is 13.2. The van der Waals surface area contributed by atoms with Gasteiger partial charge in [-0.15, -0.1) is 0 Å². The summed E-state index contributed by atoms with van der Waals surface area (Å²) in [4.78, 5) is 15.2. The number of aromatic amines is 1. The van der Waals surface area contributed by atoms with Gasteiger partial charge in [0.15, 0.2) is 0 Å². The third-order valence-corrected chi connectivity index (χ3v) is 6.01. The van der Waals surface area contributed by atoms with Crippen molar-refractivity contribution in [2.45, 2.75) is 0 Å². The number of halogens is 4. The first-order valence-corrected chi connectivity index (χ1v) is 7.84. The van der Waals surface area contributed by atoms with E-state index in [9.17, 15) is 9.90 Å². The van der Waals surface area contributed by atoms with Gasteiger partial charge in [0, 0.05) is 4.47 Å². The summed E-state index contributed by atoms with van der Waals surface area (Å²) < 4.78 is 2.72. The fraction of sp³-hybridized carbons (Fsp3) is 0. The van der Waals surface area contributed by atoms with Gasteiger partial charge in [0.05, 0.1) is 19.1 Å². The third kappa shape index (κ3) is 2.59. The van der Waals surface area contributed by atoms with Crippen LogP contribution in [0.5, 0.6) is 5.75 Å². The minimum Gasteiger partial charge on any atom is -0.507 e. The van der Waals surface area contributed by atoms with E-state index >= 15 is 0 Å². The summed E-state index contributed by atoms with van der Waals surface area (Å²) in [6.07, 6.45) is 0. The number of phenolic OH excluding ortho intramolecular Hbond substituents is 1. The van der Waals surface area contributed by atoms with Crippen molar-refractivity contribution in [1.29, 1.82) is 0 Å². The van der Waals surface area contributed by atoms with Gasteiger partial charge in [-0.1, -0.05) is 15.9 Å². The average Bonchev–Trinajstić information content (AvgIpc) is 2.59. The van der Waals surface area contributed by atoms with E-state index in [1.54, 1.807) is 12.1 Å². The standard InChI is InChI=1S/C11H5Br4NO2/c12-4-1-2-6(17)5(3-4)10(18)9-7(13)8(14)11(15)16-9/h1-3,16-17H. The van der Waals surface area contributed by atoms with Crippen molar-refractivity contribution >= 4 is 69.5 Å². The molecule has 7 heteroatoms. The van der Waals surface area contributed by atoms with Crippen LogP contribution in [0.3, 0.4) is 0 Å². The van der Waals surface area contributed by atoms with Gasteiger partial charge in [-0.25, -0.2) is 0 Å². The molecule has 3 nitrogen and oxygen atoms in total. The number of ketones is 1. The highest BCUT2D eigenvalue weighted by Gasteiger charge is 2.21. The fourth-order valence-electron chi connectivity index (χ4n) is 1.41. The van der Waals surface area contributed by atoms with Crippen LogP contribution >= 0.6 is 63.7 Å². The van der Waals surface area contributed by atoms with Crippen molar-refractivity contribution in [3.05, 3.63) is 47.5 Å². The molecule has 0 saturated carbocycles. The molecule has 1 heterocycles. The smallest absolute Gasteiger partial charge is 0.214 e. The first-order chi connectivity index (χ1) is 8.41. The molecule has 0 aliphatic heterocycles. The SMILES string of the molecule is O=C(c1cc(Br)ccc1O)c1[nH]c(Br)c(Br)c1Br. The van der Waals surface area contributed by atoms with Crippen molar-refractivity contribution in [2.24, 2.45) is 0 Å². The molecule has 0 spiro atoms. The number of aromatic hydroxyl groups is 1.